The molecule has 0 spiro atoms. The van der Waals surface area contributed by atoms with Gasteiger partial charge in [0.2, 0.25) is 5.91 Å². The van der Waals surface area contributed by atoms with E-state index in [4.69, 9.17) is 0 Å². The number of hydrogen-bond acceptors (Lipinski definition) is 2. The number of halogens is 3. The van der Waals surface area contributed by atoms with E-state index in [1.807, 2.05) is 19.1 Å². The van der Waals surface area contributed by atoms with Gasteiger partial charge in [-0.25, -0.2) is 4.98 Å². The Morgan fingerprint density at radius 2 is 1.96 bits per heavy atom. The summed E-state index contributed by atoms with van der Waals surface area (Å²) >= 11 is 0. The van der Waals surface area contributed by atoms with E-state index in [1.165, 1.54) is 18.2 Å². The van der Waals surface area contributed by atoms with Crippen LogP contribution in [0.5, 0.6) is 0 Å². The minimum Gasteiger partial charge on any atom is -0.325 e. The van der Waals surface area contributed by atoms with Gasteiger partial charge in [0, 0.05) is 12.4 Å². The molecule has 1 amide bonds. The van der Waals surface area contributed by atoms with E-state index in [0.29, 0.717) is 5.69 Å². The highest BCUT2D eigenvalue weighted by molar-refractivity contribution is 5.93. The van der Waals surface area contributed by atoms with Crippen LogP contribution in [0.3, 0.4) is 0 Å². The number of imidazole rings is 1. The topological polar surface area (TPSA) is 46.4 Å². The fourth-order valence-electron chi connectivity index (χ4n) is 2.49. The number of anilines is 1. The van der Waals surface area contributed by atoms with Crippen molar-refractivity contribution in [2.75, 3.05) is 5.32 Å². The van der Waals surface area contributed by atoms with Crippen LogP contribution in [0.2, 0.25) is 0 Å². The highest BCUT2D eigenvalue weighted by Crippen LogP contribution is 2.34. The molecule has 0 bridgehead atoms. The minimum absolute atomic E-state index is 0.104. The molecule has 0 fully saturated rings. The molecular weight excluding hydrogens is 319 g/mol. The fourth-order valence-corrected chi connectivity index (χ4v) is 2.49. The summed E-state index contributed by atoms with van der Waals surface area (Å²) in [5.41, 5.74) is 1.04. The van der Waals surface area contributed by atoms with Gasteiger partial charge in [0.25, 0.3) is 0 Å². The lowest BCUT2D eigenvalue weighted by Crippen LogP contribution is -2.18. The number of benzene rings is 1. The Hall–Kier alpha value is -2.83. The molecule has 0 aliphatic rings. The van der Waals surface area contributed by atoms with Crippen LogP contribution in [0.25, 0.3) is 5.65 Å². The lowest BCUT2D eigenvalue weighted by molar-refractivity contribution is -0.137. The van der Waals surface area contributed by atoms with E-state index in [9.17, 15) is 18.0 Å². The van der Waals surface area contributed by atoms with Gasteiger partial charge in [0.05, 0.1) is 23.4 Å². The molecular formula is C17H14F3N3O. The quantitative estimate of drug-likeness (QED) is 0.791. The molecule has 0 saturated carbocycles. The lowest BCUT2D eigenvalue weighted by Gasteiger charge is -2.13. The van der Waals surface area contributed by atoms with Crippen LogP contribution >= 0.6 is 0 Å². The van der Waals surface area contributed by atoms with E-state index in [1.54, 1.807) is 16.8 Å². The highest BCUT2D eigenvalue weighted by atomic mass is 19.4. The number of rotatable bonds is 3. The molecule has 3 rings (SSSR count). The number of alkyl halides is 3. The van der Waals surface area contributed by atoms with Gasteiger partial charge >= 0.3 is 6.18 Å². The third-order valence-corrected chi connectivity index (χ3v) is 3.58. The molecule has 0 atom stereocenters. The first-order valence-corrected chi connectivity index (χ1v) is 7.24. The Morgan fingerprint density at radius 1 is 1.21 bits per heavy atom. The smallest absolute Gasteiger partial charge is 0.325 e. The van der Waals surface area contributed by atoms with E-state index in [-0.39, 0.29) is 12.1 Å². The van der Waals surface area contributed by atoms with Gasteiger partial charge in [-0.2, -0.15) is 13.2 Å². The summed E-state index contributed by atoms with van der Waals surface area (Å²) in [5, 5.41) is 2.32. The Labute approximate surface area is 135 Å². The minimum atomic E-state index is -4.52. The summed E-state index contributed by atoms with van der Waals surface area (Å²) in [4.78, 5) is 16.4. The number of aromatic nitrogens is 2. The molecule has 4 nitrogen and oxygen atoms in total. The molecule has 3 aromatic rings. The molecule has 2 heterocycles. The maximum Gasteiger partial charge on any atom is 0.418 e. The number of nitrogens with one attached hydrogen (secondary N) is 1. The zero-order valence-electron chi connectivity index (χ0n) is 12.8. The van der Waals surface area contributed by atoms with Gasteiger partial charge in [-0.1, -0.05) is 18.2 Å². The normalized spacial score (nSPS) is 11.7. The molecule has 1 aromatic carbocycles. The van der Waals surface area contributed by atoms with Crippen molar-refractivity contribution >= 4 is 17.2 Å². The monoisotopic (exact) mass is 333 g/mol. The van der Waals surface area contributed by atoms with Crippen LogP contribution in [-0.2, 0) is 17.4 Å². The standard InChI is InChI=1S/C17H14F3N3O/c1-11-5-4-8-23-10-12(21-16(11)23)9-15(24)22-14-7-3-2-6-13(14)17(18,19)20/h2-8,10H,9H2,1H3,(H,22,24). The first-order valence-electron chi connectivity index (χ1n) is 7.24. The van der Waals surface area contributed by atoms with Crippen molar-refractivity contribution in [3.63, 3.8) is 0 Å². The number of amides is 1. The van der Waals surface area contributed by atoms with Gasteiger partial charge < -0.3 is 9.72 Å². The van der Waals surface area contributed by atoms with Crippen LogP contribution < -0.4 is 5.32 Å². The summed E-state index contributed by atoms with van der Waals surface area (Å²) in [7, 11) is 0. The molecule has 0 unspecified atom stereocenters. The van der Waals surface area contributed by atoms with Gasteiger partial charge in [-0.05, 0) is 30.7 Å². The van der Waals surface area contributed by atoms with Crippen LogP contribution in [0, 0.1) is 6.92 Å². The average molecular weight is 333 g/mol. The third-order valence-electron chi connectivity index (χ3n) is 3.58. The van der Waals surface area contributed by atoms with Crippen molar-refractivity contribution in [1.29, 1.82) is 0 Å². The van der Waals surface area contributed by atoms with E-state index >= 15 is 0 Å². The van der Waals surface area contributed by atoms with Crippen molar-refractivity contribution in [2.45, 2.75) is 19.5 Å². The van der Waals surface area contributed by atoms with Gasteiger partial charge in [-0.15, -0.1) is 0 Å². The predicted molar refractivity (Wildman–Crippen MR) is 83.7 cm³/mol. The molecule has 124 valence electrons. The Morgan fingerprint density at radius 3 is 2.67 bits per heavy atom. The Kier molecular flexibility index (Phi) is 4.01. The number of fused-ring (bicyclic) bond motifs is 1. The van der Waals surface area contributed by atoms with Crippen LogP contribution in [0.1, 0.15) is 16.8 Å². The van der Waals surface area contributed by atoms with E-state index in [0.717, 1.165) is 17.3 Å². The van der Waals surface area contributed by atoms with E-state index < -0.39 is 17.6 Å². The summed E-state index contributed by atoms with van der Waals surface area (Å²) in [6.45, 7) is 1.89. The summed E-state index contributed by atoms with van der Waals surface area (Å²) in [5.74, 6) is -0.548. The number of pyridine rings is 1. The second-order valence-electron chi connectivity index (χ2n) is 5.42. The molecule has 24 heavy (non-hydrogen) atoms. The van der Waals surface area contributed by atoms with Crippen molar-refractivity contribution in [3.8, 4) is 0 Å². The summed E-state index contributed by atoms with van der Waals surface area (Å²) in [6.07, 6.45) is -1.13. The summed E-state index contributed by atoms with van der Waals surface area (Å²) in [6, 6.07) is 8.64. The number of aryl methyl sites for hydroxylation is 1. The maximum absolute atomic E-state index is 12.9. The number of para-hydroxylation sites is 1. The van der Waals surface area contributed by atoms with Crippen molar-refractivity contribution in [2.24, 2.45) is 0 Å². The van der Waals surface area contributed by atoms with E-state index in [2.05, 4.69) is 10.3 Å². The van der Waals surface area contributed by atoms with Crippen molar-refractivity contribution < 1.29 is 18.0 Å². The number of nitrogens with zero attached hydrogens (tertiary/aromatic N) is 2. The molecule has 1 N–H and O–H groups in total. The number of carbonyl (C=O) groups excluding carboxylic acids is 1. The number of hydrogen-bond donors (Lipinski definition) is 1. The highest BCUT2D eigenvalue weighted by Gasteiger charge is 2.33. The Balaban J connectivity index is 1.80. The fraction of sp³-hybridized carbons (Fsp3) is 0.176. The first kappa shape index (κ1) is 16.0. The summed E-state index contributed by atoms with van der Waals surface area (Å²) < 4.78 is 40.6. The predicted octanol–water partition coefficient (Wildman–Crippen LogP) is 3.84. The van der Waals surface area contributed by atoms with Gasteiger partial charge in [0.15, 0.2) is 0 Å². The molecule has 0 aliphatic heterocycles. The van der Waals surface area contributed by atoms with Gasteiger partial charge in [-0.3, -0.25) is 4.79 Å². The average Bonchev–Trinajstić information content (AvgIpc) is 2.90. The van der Waals surface area contributed by atoms with Crippen LogP contribution in [0.15, 0.2) is 48.8 Å². The molecule has 0 aliphatic carbocycles. The molecule has 7 heteroatoms. The molecule has 0 radical (unpaired) electrons. The second kappa shape index (κ2) is 5.99. The maximum atomic E-state index is 12.9. The van der Waals surface area contributed by atoms with Crippen LogP contribution in [-0.4, -0.2) is 15.3 Å². The second-order valence-corrected chi connectivity index (χ2v) is 5.42. The number of carbonyl (C=O) groups is 1. The molecule has 2 aromatic heterocycles. The zero-order chi connectivity index (χ0) is 17.3. The third kappa shape index (κ3) is 3.24. The lowest BCUT2D eigenvalue weighted by atomic mass is 10.1. The van der Waals surface area contributed by atoms with Crippen LogP contribution in [0.4, 0.5) is 18.9 Å². The van der Waals surface area contributed by atoms with Crippen molar-refractivity contribution in [3.05, 3.63) is 65.6 Å². The molecule has 0 saturated heterocycles. The Bertz CT molecular complexity index is 899. The SMILES string of the molecule is Cc1cccn2cc(CC(=O)Nc3ccccc3C(F)(F)F)nc12. The van der Waals surface area contributed by atoms with Gasteiger partial charge in [0.1, 0.15) is 5.65 Å². The zero-order valence-corrected chi connectivity index (χ0v) is 12.8. The first-order chi connectivity index (χ1) is 11.3. The largest absolute Gasteiger partial charge is 0.418 e. The van der Waals surface area contributed by atoms with Crippen molar-refractivity contribution in [1.82, 2.24) is 9.38 Å².